The van der Waals surface area contributed by atoms with E-state index >= 15 is 0 Å². The molecule has 0 aromatic heterocycles. The van der Waals surface area contributed by atoms with Gasteiger partial charge in [0.05, 0.1) is 0 Å². The predicted octanol–water partition coefficient (Wildman–Crippen LogP) is 3.19. The van der Waals surface area contributed by atoms with Crippen molar-refractivity contribution in [1.82, 2.24) is 0 Å². The van der Waals surface area contributed by atoms with Crippen molar-refractivity contribution in [2.24, 2.45) is 0 Å². The lowest BCUT2D eigenvalue weighted by atomic mass is 10.1. The minimum absolute atomic E-state index is 0.134. The Bertz CT molecular complexity index is 294. The first-order valence-corrected chi connectivity index (χ1v) is 4.47. The fourth-order valence-electron chi connectivity index (χ4n) is 1.25. The van der Waals surface area contributed by atoms with Gasteiger partial charge in [-0.25, -0.2) is 4.39 Å². The van der Waals surface area contributed by atoms with Crippen LogP contribution in [-0.2, 0) is 6.42 Å². The zero-order valence-electron chi connectivity index (χ0n) is 7.81. The number of hydrogen-bond acceptors (Lipinski definition) is 1. The summed E-state index contributed by atoms with van der Waals surface area (Å²) < 4.78 is 13.1. The van der Waals surface area contributed by atoms with Crippen LogP contribution in [0, 0.1) is 11.2 Å². The van der Waals surface area contributed by atoms with E-state index < -0.39 is 0 Å². The van der Waals surface area contributed by atoms with E-state index in [9.17, 15) is 4.39 Å². The van der Waals surface area contributed by atoms with Crippen molar-refractivity contribution in [3.63, 3.8) is 0 Å². The molecule has 0 atom stereocenters. The molecule has 1 aromatic rings. The Balaban J connectivity index is 2.45. The molecule has 13 heavy (non-hydrogen) atoms. The van der Waals surface area contributed by atoms with Crippen molar-refractivity contribution in [2.45, 2.75) is 26.2 Å². The van der Waals surface area contributed by atoms with E-state index in [0.717, 1.165) is 24.8 Å². The summed E-state index contributed by atoms with van der Waals surface area (Å²) >= 11 is 0. The van der Waals surface area contributed by atoms with Crippen LogP contribution in [0.3, 0.4) is 0 Å². The smallest absolute Gasteiger partial charge is 0.126 e. The van der Waals surface area contributed by atoms with Crippen LogP contribution in [0.1, 0.15) is 25.3 Å². The number of benzene rings is 1. The molecule has 0 spiro atoms. The lowest BCUT2D eigenvalue weighted by molar-refractivity contribution is 0.605. The predicted molar refractivity (Wildman–Crippen MR) is 52.7 cm³/mol. The molecule has 70 valence electrons. The second-order valence-corrected chi connectivity index (χ2v) is 3.23. The Hall–Kier alpha value is -1.18. The maximum atomic E-state index is 13.1. The average molecular weight is 178 g/mol. The lowest BCUT2D eigenvalue weighted by Crippen LogP contribution is -1.94. The number of aryl methyl sites for hydroxylation is 1. The van der Waals surface area contributed by atoms with Gasteiger partial charge in [-0.1, -0.05) is 18.2 Å². The summed E-state index contributed by atoms with van der Waals surface area (Å²) in [5.41, 5.74) is 1.42. The summed E-state index contributed by atoms with van der Waals surface area (Å²) in [5, 5.41) is 7.22. The molecule has 1 N–H and O–H groups in total. The third-order valence-corrected chi connectivity index (χ3v) is 1.96. The monoisotopic (exact) mass is 178 g/mol. The molecule has 0 unspecified atom stereocenters. The second-order valence-electron chi connectivity index (χ2n) is 3.23. The van der Waals surface area contributed by atoms with Gasteiger partial charge in [-0.05, 0) is 37.8 Å². The zero-order chi connectivity index (χ0) is 9.68. The lowest BCUT2D eigenvalue weighted by Gasteiger charge is -2.01. The largest absolute Gasteiger partial charge is 0.310 e. The molecular formula is C11H14FN. The van der Waals surface area contributed by atoms with E-state index in [1.807, 2.05) is 6.07 Å². The van der Waals surface area contributed by atoms with Crippen LogP contribution in [-0.4, -0.2) is 5.71 Å². The molecule has 0 aliphatic rings. The summed E-state index contributed by atoms with van der Waals surface area (Å²) in [6.45, 7) is 1.78. The molecule has 0 aliphatic carbocycles. The standard InChI is InChI=1S/C11H14FN/c1-9(13)5-4-7-10-6-2-3-8-11(10)12/h2-3,6,8,13H,4-5,7H2,1H3/i12-1. The van der Waals surface area contributed by atoms with Gasteiger partial charge in [0.1, 0.15) is 5.82 Å². The van der Waals surface area contributed by atoms with Gasteiger partial charge in [-0.15, -0.1) is 0 Å². The molecule has 0 heterocycles. The number of halogens is 1. The van der Waals surface area contributed by atoms with E-state index in [4.69, 9.17) is 5.41 Å². The van der Waals surface area contributed by atoms with E-state index in [1.54, 1.807) is 19.1 Å². The first kappa shape index (κ1) is 9.90. The van der Waals surface area contributed by atoms with E-state index in [-0.39, 0.29) is 5.82 Å². The SMILES string of the molecule is CC(=N)CCCc1ccccc1[18F]. The zero-order valence-corrected chi connectivity index (χ0v) is 7.81. The first-order chi connectivity index (χ1) is 6.20. The molecule has 0 bridgehead atoms. The molecule has 1 rings (SSSR count). The molecule has 0 aliphatic heterocycles. The number of rotatable bonds is 4. The third-order valence-electron chi connectivity index (χ3n) is 1.96. The van der Waals surface area contributed by atoms with Crippen LogP contribution in [0.2, 0.25) is 0 Å². The van der Waals surface area contributed by atoms with Crippen molar-refractivity contribution in [3.05, 3.63) is 35.6 Å². The van der Waals surface area contributed by atoms with E-state index in [1.165, 1.54) is 6.07 Å². The Labute approximate surface area is 78.1 Å². The molecule has 0 saturated heterocycles. The van der Waals surface area contributed by atoms with Crippen molar-refractivity contribution < 1.29 is 4.39 Å². The van der Waals surface area contributed by atoms with Gasteiger partial charge < -0.3 is 5.41 Å². The van der Waals surface area contributed by atoms with Crippen LogP contribution in [0.25, 0.3) is 0 Å². The van der Waals surface area contributed by atoms with Crippen molar-refractivity contribution in [3.8, 4) is 0 Å². The third kappa shape index (κ3) is 3.36. The Kier molecular flexibility index (Phi) is 3.62. The van der Waals surface area contributed by atoms with Crippen LogP contribution in [0.4, 0.5) is 4.39 Å². The molecule has 1 nitrogen and oxygen atoms in total. The summed E-state index contributed by atoms with van der Waals surface area (Å²) in [6, 6.07) is 6.82. The van der Waals surface area contributed by atoms with Crippen LogP contribution in [0.15, 0.2) is 24.3 Å². The minimum Gasteiger partial charge on any atom is -0.310 e. The highest BCUT2D eigenvalue weighted by Crippen LogP contribution is 2.09. The van der Waals surface area contributed by atoms with E-state index in [2.05, 4.69) is 0 Å². The molecule has 2 heteroatoms. The first-order valence-electron chi connectivity index (χ1n) is 4.47. The quantitative estimate of drug-likeness (QED) is 0.685. The van der Waals surface area contributed by atoms with Crippen molar-refractivity contribution in [1.29, 1.82) is 5.41 Å². The minimum atomic E-state index is -0.134. The Morgan fingerprint density at radius 2 is 2.08 bits per heavy atom. The molecular weight excluding hydrogens is 164 g/mol. The van der Waals surface area contributed by atoms with Gasteiger partial charge in [-0.3, -0.25) is 0 Å². The number of hydrogen-bond donors (Lipinski definition) is 1. The fraction of sp³-hybridized carbons (Fsp3) is 0.364. The van der Waals surface area contributed by atoms with Crippen molar-refractivity contribution >= 4 is 5.71 Å². The molecule has 0 saturated carbocycles. The Morgan fingerprint density at radius 3 is 2.69 bits per heavy atom. The summed E-state index contributed by atoms with van der Waals surface area (Å²) in [5.74, 6) is -0.134. The van der Waals surface area contributed by atoms with Crippen LogP contribution >= 0.6 is 0 Å². The van der Waals surface area contributed by atoms with Gasteiger partial charge in [0, 0.05) is 5.71 Å². The van der Waals surface area contributed by atoms with Gasteiger partial charge in [-0.2, -0.15) is 0 Å². The second kappa shape index (κ2) is 4.75. The van der Waals surface area contributed by atoms with E-state index in [0.29, 0.717) is 5.71 Å². The van der Waals surface area contributed by atoms with Crippen LogP contribution in [0.5, 0.6) is 0 Å². The summed E-state index contributed by atoms with van der Waals surface area (Å²) in [4.78, 5) is 0. The number of nitrogens with one attached hydrogen (secondary N) is 1. The highest BCUT2D eigenvalue weighted by molar-refractivity contribution is 5.78. The topological polar surface area (TPSA) is 23.9 Å². The molecule has 1 aromatic carbocycles. The van der Waals surface area contributed by atoms with Gasteiger partial charge in [0.15, 0.2) is 0 Å². The van der Waals surface area contributed by atoms with Crippen LogP contribution < -0.4 is 0 Å². The molecule has 0 radical (unpaired) electrons. The molecule has 0 fully saturated rings. The van der Waals surface area contributed by atoms with Gasteiger partial charge >= 0.3 is 0 Å². The average Bonchev–Trinajstić information content (AvgIpc) is 2.08. The maximum Gasteiger partial charge on any atom is 0.126 e. The summed E-state index contributed by atoms with van der Waals surface area (Å²) in [6.07, 6.45) is 2.34. The fourth-order valence-corrected chi connectivity index (χ4v) is 1.25. The normalized spacial score (nSPS) is 10.0. The van der Waals surface area contributed by atoms with Gasteiger partial charge in [0.2, 0.25) is 0 Å². The molecule has 0 amide bonds. The maximum absolute atomic E-state index is 13.1. The Morgan fingerprint density at radius 1 is 1.38 bits per heavy atom. The highest BCUT2D eigenvalue weighted by Gasteiger charge is 1.99. The highest BCUT2D eigenvalue weighted by atomic mass is 18.2. The van der Waals surface area contributed by atoms with Crippen molar-refractivity contribution in [2.75, 3.05) is 0 Å². The summed E-state index contributed by atoms with van der Waals surface area (Å²) in [7, 11) is 0. The van der Waals surface area contributed by atoms with Gasteiger partial charge in [0.25, 0.3) is 0 Å².